The molecule has 0 bridgehead atoms. The second-order valence-corrected chi connectivity index (χ2v) is 7.08. The Morgan fingerprint density at radius 1 is 1.35 bits per heavy atom. The van der Waals surface area contributed by atoms with Gasteiger partial charge in [-0.2, -0.15) is 0 Å². The summed E-state index contributed by atoms with van der Waals surface area (Å²) in [6.07, 6.45) is 4.28. The number of hydrogen-bond donors (Lipinski definition) is 2. The molecule has 1 aliphatic heterocycles. The lowest BCUT2D eigenvalue weighted by atomic mass is 9.87. The Kier molecular flexibility index (Phi) is 6.96. The summed E-state index contributed by atoms with van der Waals surface area (Å²) in [6.45, 7) is 11.0. The smallest absolute Gasteiger partial charge is 0.228 e. The monoisotopic (exact) mass is 284 g/mol. The average molecular weight is 284 g/mol. The molecule has 1 heterocycles. The maximum absolute atomic E-state index is 12.5. The van der Waals surface area contributed by atoms with Crippen molar-refractivity contribution in [2.24, 2.45) is 11.3 Å². The number of aliphatic hydroxyl groups excluding tert-OH is 1. The molecule has 0 radical (unpaired) electrons. The zero-order valence-electron chi connectivity index (χ0n) is 13.6. The molecule has 0 aromatic carbocycles. The maximum Gasteiger partial charge on any atom is 0.228 e. The van der Waals surface area contributed by atoms with E-state index in [1.807, 2.05) is 25.7 Å². The van der Waals surface area contributed by atoms with E-state index in [0.29, 0.717) is 12.0 Å². The Balaban J connectivity index is 2.62. The van der Waals surface area contributed by atoms with Gasteiger partial charge in [0.15, 0.2) is 0 Å². The predicted octanol–water partition coefficient (Wildman–Crippen LogP) is 2.02. The van der Waals surface area contributed by atoms with E-state index in [2.05, 4.69) is 12.2 Å². The topological polar surface area (TPSA) is 52.6 Å². The molecule has 2 unspecified atom stereocenters. The van der Waals surface area contributed by atoms with Crippen LogP contribution >= 0.6 is 0 Å². The molecule has 0 aromatic heterocycles. The molecule has 0 saturated carbocycles. The third kappa shape index (κ3) is 5.41. The molecule has 1 amide bonds. The molecule has 118 valence electrons. The van der Waals surface area contributed by atoms with E-state index < -0.39 is 0 Å². The van der Waals surface area contributed by atoms with Crippen molar-refractivity contribution in [3.63, 3.8) is 0 Å². The standard InChI is InChI=1S/C16H32N2O2/c1-5-7-13-10-14(17-8-6-9-19)12-18(11-13)15(20)16(2,3)4/h13-14,17,19H,5-12H2,1-4H3. The Bertz CT molecular complexity index is 299. The van der Waals surface area contributed by atoms with Gasteiger partial charge in [-0.3, -0.25) is 4.79 Å². The van der Waals surface area contributed by atoms with Crippen molar-refractivity contribution in [3.05, 3.63) is 0 Å². The number of likely N-dealkylation sites (tertiary alicyclic amines) is 1. The number of carbonyl (C=O) groups excluding carboxylic acids is 1. The molecule has 1 aliphatic rings. The summed E-state index contributed by atoms with van der Waals surface area (Å²) in [7, 11) is 0. The SMILES string of the molecule is CCCC1CC(NCCCO)CN(C(=O)C(C)(C)C)C1. The number of carbonyl (C=O) groups is 1. The fraction of sp³-hybridized carbons (Fsp3) is 0.938. The van der Waals surface area contributed by atoms with Crippen LogP contribution in [0.1, 0.15) is 53.4 Å². The molecule has 4 nitrogen and oxygen atoms in total. The van der Waals surface area contributed by atoms with Crippen LogP contribution in [0.15, 0.2) is 0 Å². The lowest BCUT2D eigenvalue weighted by Gasteiger charge is -2.41. The number of rotatable bonds is 6. The summed E-state index contributed by atoms with van der Waals surface area (Å²) in [5, 5.41) is 12.4. The number of aliphatic hydroxyl groups is 1. The Morgan fingerprint density at radius 2 is 2.05 bits per heavy atom. The molecule has 0 aliphatic carbocycles. The highest BCUT2D eigenvalue weighted by Gasteiger charge is 2.34. The fourth-order valence-electron chi connectivity index (χ4n) is 2.99. The quantitative estimate of drug-likeness (QED) is 0.734. The van der Waals surface area contributed by atoms with Crippen LogP contribution < -0.4 is 5.32 Å². The van der Waals surface area contributed by atoms with Crippen LogP contribution in [-0.4, -0.2) is 48.2 Å². The number of hydrogen-bond acceptors (Lipinski definition) is 3. The molecule has 2 N–H and O–H groups in total. The summed E-state index contributed by atoms with van der Waals surface area (Å²) < 4.78 is 0. The van der Waals surface area contributed by atoms with Crippen molar-refractivity contribution < 1.29 is 9.90 Å². The van der Waals surface area contributed by atoms with Crippen LogP contribution in [0.5, 0.6) is 0 Å². The van der Waals surface area contributed by atoms with E-state index in [9.17, 15) is 4.79 Å². The molecule has 1 rings (SSSR count). The van der Waals surface area contributed by atoms with Gasteiger partial charge < -0.3 is 15.3 Å². The van der Waals surface area contributed by atoms with E-state index in [1.165, 1.54) is 12.8 Å². The zero-order chi connectivity index (χ0) is 15.2. The molecule has 2 atom stereocenters. The van der Waals surface area contributed by atoms with Crippen molar-refractivity contribution in [2.75, 3.05) is 26.2 Å². The van der Waals surface area contributed by atoms with Gasteiger partial charge in [0.25, 0.3) is 0 Å². The normalized spacial score (nSPS) is 23.9. The summed E-state index contributed by atoms with van der Waals surface area (Å²) in [5.41, 5.74) is -0.302. The Hall–Kier alpha value is -0.610. The minimum absolute atomic E-state index is 0.225. The van der Waals surface area contributed by atoms with Gasteiger partial charge in [0.1, 0.15) is 0 Å². The van der Waals surface area contributed by atoms with Crippen molar-refractivity contribution in [2.45, 2.75) is 59.4 Å². The highest BCUT2D eigenvalue weighted by atomic mass is 16.3. The molecule has 1 saturated heterocycles. The van der Waals surface area contributed by atoms with E-state index >= 15 is 0 Å². The fourth-order valence-corrected chi connectivity index (χ4v) is 2.99. The average Bonchev–Trinajstić information content (AvgIpc) is 2.37. The maximum atomic E-state index is 12.5. The summed E-state index contributed by atoms with van der Waals surface area (Å²) in [6, 6.07) is 0.373. The van der Waals surface area contributed by atoms with E-state index in [0.717, 1.165) is 32.5 Å². The van der Waals surface area contributed by atoms with Crippen LogP contribution in [-0.2, 0) is 4.79 Å². The van der Waals surface area contributed by atoms with Crippen LogP contribution in [0, 0.1) is 11.3 Å². The molecule has 20 heavy (non-hydrogen) atoms. The first-order valence-corrected chi connectivity index (χ1v) is 8.02. The van der Waals surface area contributed by atoms with Gasteiger partial charge in [-0.25, -0.2) is 0 Å². The van der Waals surface area contributed by atoms with Crippen molar-refractivity contribution >= 4 is 5.91 Å². The molecule has 0 aromatic rings. The van der Waals surface area contributed by atoms with E-state index in [4.69, 9.17) is 5.11 Å². The summed E-state index contributed by atoms with van der Waals surface area (Å²) >= 11 is 0. The Labute approximate surface area is 123 Å². The summed E-state index contributed by atoms with van der Waals surface area (Å²) in [4.78, 5) is 14.5. The van der Waals surface area contributed by atoms with Gasteiger partial charge >= 0.3 is 0 Å². The van der Waals surface area contributed by atoms with Crippen LogP contribution in [0.4, 0.5) is 0 Å². The highest BCUT2D eigenvalue weighted by Crippen LogP contribution is 2.26. The van der Waals surface area contributed by atoms with Gasteiger partial charge in [-0.15, -0.1) is 0 Å². The first-order chi connectivity index (χ1) is 9.38. The second-order valence-electron chi connectivity index (χ2n) is 7.08. The van der Waals surface area contributed by atoms with Gasteiger partial charge in [-0.1, -0.05) is 34.1 Å². The number of nitrogens with zero attached hydrogens (tertiary/aromatic N) is 1. The molecule has 4 heteroatoms. The number of piperidine rings is 1. The van der Waals surface area contributed by atoms with Crippen LogP contribution in [0.25, 0.3) is 0 Å². The first-order valence-electron chi connectivity index (χ1n) is 8.02. The number of amides is 1. The van der Waals surface area contributed by atoms with Gasteiger partial charge in [-0.05, 0) is 31.7 Å². The minimum Gasteiger partial charge on any atom is -0.396 e. The van der Waals surface area contributed by atoms with Crippen molar-refractivity contribution in [1.29, 1.82) is 0 Å². The largest absolute Gasteiger partial charge is 0.396 e. The highest BCUT2D eigenvalue weighted by molar-refractivity contribution is 5.81. The minimum atomic E-state index is -0.302. The van der Waals surface area contributed by atoms with Gasteiger partial charge in [0.05, 0.1) is 0 Å². The molecular formula is C16H32N2O2. The molecule has 0 spiro atoms. The molecular weight excluding hydrogens is 252 g/mol. The third-order valence-corrected chi connectivity index (χ3v) is 3.93. The summed E-state index contributed by atoms with van der Waals surface area (Å²) in [5.74, 6) is 0.860. The lowest BCUT2D eigenvalue weighted by Crippen LogP contribution is -2.53. The molecule has 1 fully saturated rings. The van der Waals surface area contributed by atoms with E-state index in [1.54, 1.807) is 0 Å². The van der Waals surface area contributed by atoms with Crippen LogP contribution in [0.3, 0.4) is 0 Å². The van der Waals surface area contributed by atoms with Crippen molar-refractivity contribution in [3.8, 4) is 0 Å². The predicted molar refractivity (Wildman–Crippen MR) is 82.5 cm³/mol. The third-order valence-electron chi connectivity index (χ3n) is 3.93. The van der Waals surface area contributed by atoms with Gasteiger partial charge in [0, 0.05) is 31.2 Å². The first kappa shape index (κ1) is 17.4. The zero-order valence-corrected chi connectivity index (χ0v) is 13.6. The number of nitrogens with one attached hydrogen (secondary N) is 1. The Morgan fingerprint density at radius 3 is 2.60 bits per heavy atom. The van der Waals surface area contributed by atoms with Gasteiger partial charge in [0.2, 0.25) is 5.91 Å². The second kappa shape index (κ2) is 7.99. The van der Waals surface area contributed by atoms with E-state index in [-0.39, 0.29) is 17.9 Å². The lowest BCUT2D eigenvalue weighted by molar-refractivity contribution is -0.142. The van der Waals surface area contributed by atoms with Crippen molar-refractivity contribution in [1.82, 2.24) is 10.2 Å². The van der Waals surface area contributed by atoms with Crippen LogP contribution in [0.2, 0.25) is 0 Å².